The van der Waals surface area contributed by atoms with Gasteiger partial charge in [0.2, 0.25) is 0 Å². The summed E-state index contributed by atoms with van der Waals surface area (Å²) in [6.07, 6.45) is 3.83. The van der Waals surface area contributed by atoms with Crippen LogP contribution in [0.15, 0.2) is 22.6 Å². The van der Waals surface area contributed by atoms with Crippen molar-refractivity contribution < 1.29 is 4.79 Å². The fourth-order valence-corrected chi connectivity index (χ4v) is 2.49. The molecule has 0 N–H and O–H groups in total. The number of aryl methyl sites for hydroxylation is 1. The number of Topliss-reactive ketones (excluding diaryl/α,β-unsaturated/α-hetero) is 1. The van der Waals surface area contributed by atoms with Crippen molar-refractivity contribution in [1.29, 1.82) is 0 Å². The number of fused-ring (bicyclic) bond motifs is 1. The zero-order chi connectivity index (χ0) is 12.3. The van der Waals surface area contributed by atoms with Crippen LogP contribution in [0.3, 0.4) is 0 Å². The summed E-state index contributed by atoms with van der Waals surface area (Å²) in [5.74, 6) is 0.198. The number of carbonyl (C=O) groups excluding carboxylic acids is 1. The number of aromatic nitrogens is 2. The van der Waals surface area contributed by atoms with Gasteiger partial charge >= 0.3 is 0 Å². The molecule has 2 aromatic heterocycles. The summed E-state index contributed by atoms with van der Waals surface area (Å²) in [6, 6.07) is 1.85. The van der Waals surface area contributed by atoms with Crippen LogP contribution in [0.1, 0.15) is 26.2 Å². The first kappa shape index (κ1) is 12.0. The quantitative estimate of drug-likeness (QED) is 0.764. The fourth-order valence-electron chi connectivity index (χ4n) is 1.69. The highest BCUT2D eigenvalue weighted by Crippen LogP contribution is 2.13. The Morgan fingerprint density at radius 1 is 1.47 bits per heavy atom. The first-order valence-corrected chi connectivity index (χ1v) is 6.48. The standard InChI is InChI=1S/C12H14N2O2S/c1-9(15)4-2-3-6-14-8-13-10-5-7-17-11(10)12(14)16/h5,7-8H,2-4,6H2,1H3. The molecule has 0 saturated carbocycles. The van der Waals surface area contributed by atoms with Gasteiger partial charge in [0.25, 0.3) is 5.56 Å². The summed E-state index contributed by atoms with van der Waals surface area (Å²) in [7, 11) is 0. The predicted molar refractivity (Wildman–Crippen MR) is 68.4 cm³/mol. The third kappa shape index (κ3) is 2.79. The predicted octanol–water partition coefficient (Wildman–Crippen LogP) is 2.22. The van der Waals surface area contributed by atoms with E-state index in [1.54, 1.807) is 17.8 Å². The third-order valence-electron chi connectivity index (χ3n) is 2.61. The van der Waals surface area contributed by atoms with Crippen LogP contribution in [0.5, 0.6) is 0 Å². The second-order valence-electron chi connectivity index (χ2n) is 4.04. The topological polar surface area (TPSA) is 52.0 Å². The van der Waals surface area contributed by atoms with Crippen molar-refractivity contribution in [2.75, 3.05) is 0 Å². The SMILES string of the molecule is CC(=O)CCCCn1cnc2ccsc2c1=O. The van der Waals surface area contributed by atoms with Gasteiger partial charge in [0, 0.05) is 13.0 Å². The van der Waals surface area contributed by atoms with Crippen LogP contribution >= 0.6 is 11.3 Å². The zero-order valence-electron chi connectivity index (χ0n) is 9.68. The Morgan fingerprint density at radius 2 is 2.29 bits per heavy atom. The van der Waals surface area contributed by atoms with Crippen LogP contribution < -0.4 is 5.56 Å². The summed E-state index contributed by atoms with van der Waals surface area (Å²) < 4.78 is 2.33. The monoisotopic (exact) mass is 250 g/mol. The van der Waals surface area contributed by atoms with Gasteiger partial charge in [-0.3, -0.25) is 9.36 Å². The van der Waals surface area contributed by atoms with E-state index in [0.717, 1.165) is 18.4 Å². The highest BCUT2D eigenvalue weighted by Gasteiger charge is 2.04. The van der Waals surface area contributed by atoms with E-state index in [4.69, 9.17) is 0 Å². The van der Waals surface area contributed by atoms with Crippen molar-refractivity contribution in [2.45, 2.75) is 32.7 Å². The summed E-state index contributed by atoms with van der Waals surface area (Å²) >= 11 is 1.42. The molecule has 0 bridgehead atoms. The first-order chi connectivity index (χ1) is 8.18. The molecular formula is C12H14N2O2S. The summed E-state index contributed by atoms with van der Waals surface area (Å²) in [5, 5.41) is 1.87. The molecule has 2 heterocycles. The minimum atomic E-state index is 0.0211. The number of ketones is 1. The number of carbonyl (C=O) groups is 1. The number of nitrogens with zero attached hydrogens (tertiary/aromatic N) is 2. The molecular weight excluding hydrogens is 236 g/mol. The Balaban J connectivity index is 2.06. The maximum absolute atomic E-state index is 12.0. The fraction of sp³-hybridized carbons (Fsp3) is 0.417. The maximum atomic E-state index is 12.0. The lowest BCUT2D eigenvalue weighted by Crippen LogP contribution is -2.19. The minimum absolute atomic E-state index is 0.0211. The minimum Gasteiger partial charge on any atom is -0.300 e. The van der Waals surface area contributed by atoms with Crippen LogP contribution in [-0.4, -0.2) is 15.3 Å². The van der Waals surface area contributed by atoms with Gasteiger partial charge in [0.1, 0.15) is 10.5 Å². The van der Waals surface area contributed by atoms with Crippen LogP contribution in [0.2, 0.25) is 0 Å². The highest BCUT2D eigenvalue weighted by molar-refractivity contribution is 7.17. The first-order valence-electron chi connectivity index (χ1n) is 5.60. The van der Waals surface area contributed by atoms with Gasteiger partial charge in [-0.05, 0) is 31.2 Å². The highest BCUT2D eigenvalue weighted by atomic mass is 32.1. The molecule has 0 aliphatic carbocycles. The molecule has 0 saturated heterocycles. The average molecular weight is 250 g/mol. The van der Waals surface area contributed by atoms with E-state index < -0.39 is 0 Å². The van der Waals surface area contributed by atoms with E-state index in [1.165, 1.54) is 11.3 Å². The molecule has 5 heteroatoms. The van der Waals surface area contributed by atoms with Gasteiger partial charge in [-0.1, -0.05) is 0 Å². The summed E-state index contributed by atoms with van der Waals surface area (Å²) in [4.78, 5) is 27.0. The molecule has 0 radical (unpaired) electrons. The van der Waals surface area contributed by atoms with Gasteiger partial charge in [-0.15, -0.1) is 11.3 Å². The molecule has 17 heavy (non-hydrogen) atoms. The second kappa shape index (κ2) is 5.23. The Morgan fingerprint density at radius 3 is 3.06 bits per heavy atom. The lowest BCUT2D eigenvalue weighted by atomic mass is 10.2. The average Bonchev–Trinajstić information content (AvgIpc) is 2.75. The van der Waals surface area contributed by atoms with E-state index in [-0.39, 0.29) is 11.3 Å². The van der Waals surface area contributed by atoms with Crippen LogP contribution in [-0.2, 0) is 11.3 Å². The number of unbranched alkanes of at least 4 members (excludes halogenated alkanes) is 1. The van der Waals surface area contributed by atoms with Crippen molar-refractivity contribution in [3.63, 3.8) is 0 Å². The Kier molecular flexibility index (Phi) is 3.68. The van der Waals surface area contributed by atoms with E-state index in [0.29, 0.717) is 17.7 Å². The number of thiophene rings is 1. The lowest BCUT2D eigenvalue weighted by molar-refractivity contribution is -0.117. The summed E-state index contributed by atoms with van der Waals surface area (Å²) in [6.45, 7) is 2.22. The Bertz CT molecular complexity index is 585. The van der Waals surface area contributed by atoms with E-state index >= 15 is 0 Å². The molecule has 0 unspecified atom stereocenters. The number of hydrogen-bond acceptors (Lipinski definition) is 4. The van der Waals surface area contributed by atoms with Crippen molar-refractivity contribution in [3.8, 4) is 0 Å². The Labute approximate surface area is 103 Å². The molecule has 0 fully saturated rings. The molecule has 2 rings (SSSR count). The van der Waals surface area contributed by atoms with Gasteiger partial charge in [-0.25, -0.2) is 4.98 Å². The van der Waals surface area contributed by atoms with Crippen molar-refractivity contribution in [2.24, 2.45) is 0 Å². The summed E-state index contributed by atoms with van der Waals surface area (Å²) in [5.41, 5.74) is 0.785. The van der Waals surface area contributed by atoms with Gasteiger partial charge in [0.15, 0.2) is 0 Å². The second-order valence-corrected chi connectivity index (χ2v) is 4.95. The molecule has 0 spiro atoms. The smallest absolute Gasteiger partial charge is 0.271 e. The van der Waals surface area contributed by atoms with Gasteiger partial charge in [-0.2, -0.15) is 0 Å². The van der Waals surface area contributed by atoms with E-state index in [1.807, 2.05) is 11.4 Å². The van der Waals surface area contributed by atoms with Gasteiger partial charge < -0.3 is 4.79 Å². The molecule has 0 aliphatic heterocycles. The molecule has 0 amide bonds. The van der Waals surface area contributed by atoms with Crippen molar-refractivity contribution in [1.82, 2.24) is 9.55 Å². The molecule has 0 aliphatic rings. The zero-order valence-corrected chi connectivity index (χ0v) is 10.5. The molecule has 90 valence electrons. The molecule has 0 aromatic carbocycles. The van der Waals surface area contributed by atoms with Crippen LogP contribution in [0.25, 0.3) is 10.2 Å². The number of hydrogen-bond donors (Lipinski definition) is 0. The number of rotatable bonds is 5. The van der Waals surface area contributed by atoms with Crippen LogP contribution in [0, 0.1) is 0 Å². The normalized spacial score (nSPS) is 10.9. The van der Waals surface area contributed by atoms with E-state index in [2.05, 4.69) is 4.98 Å². The molecule has 4 nitrogen and oxygen atoms in total. The third-order valence-corrected chi connectivity index (χ3v) is 3.51. The van der Waals surface area contributed by atoms with Crippen LogP contribution in [0.4, 0.5) is 0 Å². The maximum Gasteiger partial charge on any atom is 0.271 e. The molecule has 0 atom stereocenters. The Hall–Kier alpha value is -1.49. The van der Waals surface area contributed by atoms with Gasteiger partial charge in [0.05, 0.1) is 11.8 Å². The molecule has 2 aromatic rings. The van der Waals surface area contributed by atoms with E-state index in [9.17, 15) is 9.59 Å². The largest absolute Gasteiger partial charge is 0.300 e. The van der Waals surface area contributed by atoms with Crippen molar-refractivity contribution in [3.05, 3.63) is 28.1 Å². The lowest BCUT2D eigenvalue weighted by Gasteiger charge is -2.04. The van der Waals surface area contributed by atoms with Crippen molar-refractivity contribution >= 4 is 27.3 Å².